The number of anilines is 2. The van der Waals surface area contributed by atoms with E-state index in [1.807, 2.05) is 25.1 Å². The molecule has 0 spiro atoms. The van der Waals surface area contributed by atoms with Crippen LogP contribution in [0.3, 0.4) is 0 Å². The average Bonchev–Trinajstić information content (AvgIpc) is 2.28. The van der Waals surface area contributed by atoms with Crippen molar-refractivity contribution in [2.24, 2.45) is 5.73 Å². The number of fused-ring (bicyclic) bond motifs is 1. The lowest BCUT2D eigenvalue weighted by Gasteiger charge is -2.29. The van der Waals surface area contributed by atoms with Crippen LogP contribution in [0.2, 0.25) is 0 Å². The van der Waals surface area contributed by atoms with E-state index >= 15 is 0 Å². The SMILES string of the molecule is CCN1C(=O)CNc2cc(CN)ccc21. The van der Waals surface area contributed by atoms with Crippen molar-refractivity contribution in [2.45, 2.75) is 13.5 Å². The van der Waals surface area contributed by atoms with Crippen molar-refractivity contribution < 1.29 is 4.79 Å². The van der Waals surface area contributed by atoms with Crippen LogP contribution in [0.25, 0.3) is 0 Å². The highest BCUT2D eigenvalue weighted by Crippen LogP contribution is 2.29. The summed E-state index contributed by atoms with van der Waals surface area (Å²) in [7, 11) is 0. The minimum atomic E-state index is 0.116. The largest absolute Gasteiger partial charge is 0.374 e. The molecular formula is C11H15N3O. The Bertz CT molecular complexity index is 389. The molecule has 3 N–H and O–H groups in total. The number of hydrogen-bond donors (Lipinski definition) is 2. The number of nitrogens with two attached hydrogens (primary N) is 1. The third-order valence-corrected chi connectivity index (χ3v) is 2.63. The van der Waals surface area contributed by atoms with Crippen molar-refractivity contribution in [1.82, 2.24) is 0 Å². The molecule has 1 amide bonds. The number of nitrogens with zero attached hydrogens (tertiary/aromatic N) is 1. The monoisotopic (exact) mass is 205 g/mol. The van der Waals surface area contributed by atoms with Gasteiger partial charge in [-0.2, -0.15) is 0 Å². The predicted molar refractivity (Wildman–Crippen MR) is 60.9 cm³/mol. The van der Waals surface area contributed by atoms with Gasteiger partial charge in [0.2, 0.25) is 5.91 Å². The van der Waals surface area contributed by atoms with E-state index in [1.54, 1.807) is 4.90 Å². The zero-order valence-electron chi connectivity index (χ0n) is 8.79. The first-order valence-electron chi connectivity index (χ1n) is 5.13. The van der Waals surface area contributed by atoms with E-state index in [9.17, 15) is 4.79 Å². The molecular weight excluding hydrogens is 190 g/mol. The number of hydrogen-bond acceptors (Lipinski definition) is 3. The number of benzene rings is 1. The number of amides is 1. The second-order valence-electron chi connectivity index (χ2n) is 3.55. The summed E-state index contributed by atoms with van der Waals surface area (Å²) < 4.78 is 0. The molecule has 1 aliphatic rings. The molecule has 0 unspecified atom stereocenters. The summed E-state index contributed by atoms with van der Waals surface area (Å²) in [6, 6.07) is 5.91. The minimum absolute atomic E-state index is 0.116. The van der Waals surface area contributed by atoms with E-state index in [4.69, 9.17) is 5.73 Å². The fourth-order valence-corrected chi connectivity index (χ4v) is 1.83. The van der Waals surface area contributed by atoms with Gasteiger partial charge in [-0.1, -0.05) is 6.07 Å². The van der Waals surface area contributed by atoms with E-state index in [0.717, 1.165) is 16.9 Å². The normalized spacial score (nSPS) is 14.8. The van der Waals surface area contributed by atoms with Crippen molar-refractivity contribution in [1.29, 1.82) is 0 Å². The molecule has 0 radical (unpaired) electrons. The molecule has 1 aromatic rings. The van der Waals surface area contributed by atoms with Crippen LogP contribution in [0.1, 0.15) is 12.5 Å². The van der Waals surface area contributed by atoms with Gasteiger partial charge in [0.05, 0.1) is 17.9 Å². The Morgan fingerprint density at radius 2 is 2.33 bits per heavy atom. The van der Waals surface area contributed by atoms with Gasteiger partial charge >= 0.3 is 0 Å². The van der Waals surface area contributed by atoms with Gasteiger partial charge in [0.1, 0.15) is 0 Å². The highest BCUT2D eigenvalue weighted by molar-refractivity contribution is 6.02. The lowest BCUT2D eigenvalue weighted by atomic mass is 10.1. The van der Waals surface area contributed by atoms with E-state index < -0.39 is 0 Å². The van der Waals surface area contributed by atoms with Gasteiger partial charge in [0, 0.05) is 13.1 Å². The molecule has 0 aromatic heterocycles. The Labute approximate surface area is 89.1 Å². The molecule has 1 heterocycles. The third kappa shape index (κ3) is 1.68. The zero-order valence-corrected chi connectivity index (χ0v) is 8.79. The number of rotatable bonds is 2. The van der Waals surface area contributed by atoms with Crippen LogP contribution in [0.15, 0.2) is 18.2 Å². The highest BCUT2D eigenvalue weighted by atomic mass is 16.2. The van der Waals surface area contributed by atoms with Crippen LogP contribution < -0.4 is 16.0 Å². The first-order chi connectivity index (χ1) is 7.26. The van der Waals surface area contributed by atoms with Crippen molar-refractivity contribution in [3.05, 3.63) is 23.8 Å². The standard InChI is InChI=1S/C11H15N3O/c1-2-14-10-4-3-8(6-12)5-9(10)13-7-11(14)15/h3-5,13H,2,6-7,12H2,1H3. The summed E-state index contributed by atoms with van der Waals surface area (Å²) >= 11 is 0. The second-order valence-corrected chi connectivity index (χ2v) is 3.55. The molecule has 80 valence electrons. The van der Waals surface area contributed by atoms with Gasteiger partial charge in [-0.25, -0.2) is 0 Å². The van der Waals surface area contributed by atoms with Gasteiger partial charge in [-0.05, 0) is 24.6 Å². The Morgan fingerprint density at radius 1 is 1.53 bits per heavy atom. The van der Waals surface area contributed by atoms with Crippen LogP contribution in [-0.2, 0) is 11.3 Å². The fraction of sp³-hybridized carbons (Fsp3) is 0.364. The predicted octanol–water partition coefficient (Wildman–Crippen LogP) is 0.924. The lowest BCUT2D eigenvalue weighted by Crippen LogP contribution is -2.39. The molecule has 4 heteroatoms. The molecule has 0 atom stereocenters. The molecule has 1 aromatic carbocycles. The molecule has 0 saturated carbocycles. The van der Waals surface area contributed by atoms with Crippen molar-refractivity contribution in [3.8, 4) is 0 Å². The number of carbonyl (C=O) groups is 1. The van der Waals surface area contributed by atoms with E-state index in [0.29, 0.717) is 19.6 Å². The van der Waals surface area contributed by atoms with Crippen LogP contribution in [0.5, 0.6) is 0 Å². The molecule has 0 fully saturated rings. The van der Waals surface area contributed by atoms with Gasteiger partial charge < -0.3 is 16.0 Å². The maximum absolute atomic E-state index is 11.6. The molecule has 2 rings (SSSR count). The number of carbonyl (C=O) groups excluding carboxylic acids is 1. The summed E-state index contributed by atoms with van der Waals surface area (Å²) in [6.45, 7) is 3.57. The van der Waals surface area contributed by atoms with Crippen LogP contribution >= 0.6 is 0 Å². The van der Waals surface area contributed by atoms with E-state index in [1.165, 1.54) is 0 Å². The Balaban J connectivity index is 2.42. The van der Waals surface area contributed by atoms with Gasteiger partial charge in [0.25, 0.3) is 0 Å². The maximum atomic E-state index is 11.6. The topological polar surface area (TPSA) is 58.4 Å². The summed E-state index contributed by atoms with van der Waals surface area (Å²) in [5.41, 5.74) is 8.59. The average molecular weight is 205 g/mol. The smallest absolute Gasteiger partial charge is 0.246 e. The fourth-order valence-electron chi connectivity index (χ4n) is 1.83. The quantitative estimate of drug-likeness (QED) is 0.755. The first-order valence-corrected chi connectivity index (χ1v) is 5.13. The Kier molecular flexibility index (Phi) is 2.60. The molecule has 0 saturated heterocycles. The van der Waals surface area contributed by atoms with Crippen LogP contribution in [0, 0.1) is 0 Å². The van der Waals surface area contributed by atoms with E-state index in [2.05, 4.69) is 5.32 Å². The number of nitrogens with one attached hydrogen (secondary N) is 1. The summed E-state index contributed by atoms with van der Waals surface area (Å²) in [5, 5.41) is 3.10. The second kappa shape index (κ2) is 3.90. The van der Waals surface area contributed by atoms with E-state index in [-0.39, 0.29) is 5.91 Å². The molecule has 0 aliphatic carbocycles. The van der Waals surface area contributed by atoms with Crippen molar-refractivity contribution in [2.75, 3.05) is 23.3 Å². The minimum Gasteiger partial charge on any atom is -0.374 e. The van der Waals surface area contributed by atoms with Gasteiger partial charge in [0.15, 0.2) is 0 Å². The van der Waals surface area contributed by atoms with Crippen molar-refractivity contribution >= 4 is 17.3 Å². The summed E-state index contributed by atoms with van der Waals surface area (Å²) in [4.78, 5) is 13.4. The highest BCUT2D eigenvalue weighted by Gasteiger charge is 2.21. The van der Waals surface area contributed by atoms with Crippen LogP contribution in [-0.4, -0.2) is 19.0 Å². The first kappa shape index (κ1) is 9.98. The third-order valence-electron chi connectivity index (χ3n) is 2.63. The molecule has 15 heavy (non-hydrogen) atoms. The van der Waals surface area contributed by atoms with Gasteiger partial charge in [-0.15, -0.1) is 0 Å². The Morgan fingerprint density at radius 3 is 3.00 bits per heavy atom. The lowest BCUT2D eigenvalue weighted by molar-refractivity contribution is -0.117. The Hall–Kier alpha value is -1.55. The molecule has 4 nitrogen and oxygen atoms in total. The maximum Gasteiger partial charge on any atom is 0.246 e. The van der Waals surface area contributed by atoms with Crippen LogP contribution in [0.4, 0.5) is 11.4 Å². The molecule has 0 bridgehead atoms. The zero-order chi connectivity index (χ0) is 10.8. The summed E-state index contributed by atoms with van der Waals surface area (Å²) in [5.74, 6) is 0.116. The van der Waals surface area contributed by atoms with Gasteiger partial charge in [-0.3, -0.25) is 4.79 Å². The summed E-state index contributed by atoms with van der Waals surface area (Å²) in [6.07, 6.45) is 0. The van der Waals surface area contributed by atoms with Crippen molar-refractivity contribution in [3.63, 3.8) is 0 Å². The number of likely N-dealkylation sites (N-methyl/N-ethyl adjacent to an activating group) is 1. The molecule has 1 aliphatic heterocycles.